The number of hydrogen-bond acceptors (Lipinski definition) is 5. The van der Waals surface area contributed by atoms with Gasteiger partial charge in [0.25, 0.3) is 0 Å². The minimum absolute atomic E-state index is 0.0474. The van der Waals surface area contributed by atoms with Gasteiger partial charge in [0.2, 0.25) is 0 Å². The average Bonchev–Trinajstić information content (AvgIpc) is 2.43. The molecule has 0 radical (unpaired) electrons. The fourth-order valence-electron chi connectivity index (χ4n) is 1.81. The molecule has 1 aromatic carbocycles. The molecule has 0 unspecified atom stereocenters. The maximum absolute atomic E-state index is 11.8. The highest BCUT2D eigenvalue weighted by Crippen LogP contribution is 2.18. The lowest BCUT2D eigenvalue weighted by Gasteiger charge is -2.24. The zero-order valence-electron chi connectivity index (χ0n) is 12.6. The molecule has 0 aliphatic carbocycles. The molecule has 0 atom stereocenters. The molecule has 21 heavy (non-hydrogen) atoms. The molecule has 0 fully saturated rings. The molecule has 1 rings (SSSR count). The van der Waals surface area contributed by atoms with Crippen molar-refractivity contribution in [3.05, 3.63) is 24.3 Å². The van der Waals surface area contributed by atoms with Gasteiger partial charge in [-0.3, -0.25) is 4.79 Å². The summed E-state index contributed by atoms with van der Waals surface area (Å²) in [6, 6.07) is 6.36. The van der Waals surface area contributed by atoms with Crippen LogP contribution in [0.2, 0.25) is 0 Å². The van der Waals surface area contributed by atoms with Crippen molar-refractivity contribution in [1.29, 1.82) is 0 Å². The summed E-state index contributed by atoms with van der Waals surface area (Å²) in [5, 5.41) is 8.98. The van der Waals surface area contributed by atoms with Gasteiger partial charge in [-0.2, -0.15) is 0 Å². The van der Waals surface area contributed by atoms with Crippen molar-refractivity contribution in [3.8, 4) is 0 Å². The Labute approximate surface area is 125 Å². The summed E-state index contributed by atoms with van der Waals surface area (Å²) < 4.78 is 23.5. The van der Waals surface area contributed by atoms with E-state index in [1.807, 2.05) is 19.0 Å². The predicted molar refractivity (Wildman–Crippen MR) is 82.6 cm³/mol. The van der Waals surface area contributed by atoms with Crippen LogP contribution in [0.4, 0.5) is 5.69 Å². The quantitative estimate of drug-likeness (QED) is 0.769. The van der Waals surface area contributed by atoms with Gasteiger partial charge >= 0.3 is 5.97 Å². The Bertz CT molecular complexity index is 567. The van der Waals surface area contributed by atoms with E-state index in [0.717, 1.165) is 0 Å². The second kappa shape index (κ2) is 7.42. The van der Waals surface area contributed by atoms with Crippen molar-refractivity contribution >= 4 is 21.5 Å². The first-order valence-corrected chi connectivity index (χ1v) is 8.35. The first-order valence-electron chi connectivity index (χ1n) is 6.70. The number of carboxylic acid groups (broad SMARTS) is 1. The molecule has 0 spiro atoms. The fourth-order valence-corrected chi connectivity index (χ4v) is 2.70. The number of carbonyl (C=O) groups is 1. The summed E-state index contributed by atoms with van der Waals surface area (Å²) >= 11 is 0. The van der Waals surface area contributed by atoms with E-state index in [4.69, 9.17) is 5.11 Å². The summed E-state index contributed by atoms with van der Waals surface area (Å²) in [5.41, 5.74) is 0.703. The van der Waals surface area contributed by atoms with E-state index in [0.29, 0.717) is 18.8 Å². The summed E-state index contributed by atoms with van der Waals surface area (Å²) in [5.74, 6) is -0.870. The second-order valence-corrected chi connectivity index (χ2v) is 7.29. The van der Waals surface area contributed by atoms with E-state index in [2.05, 4.69) is 0 Å². The monoisotopic (exact) mass is 314 g/mol. The van der Waals surface area contributed by atoms with Crippen LogP contribution in [0.3, 0.4) is 0 Å². The molecule has 118 valence electrons. The molecule has 0 aliphatic heterocycles. The van der Waals surface area contributed by atoms with Gasteiger partial charge in [0.05, 0.1) is 10.6 Å². The smallest absolute Gasteiger partial charge is 0.323 e. The molecule has 1 aromatic rings. The number of likely N-dealkylation sites (N-methyl/N-ethyl adjacent to an activating group) is 1. The number of rotatable bonds is 8. The van der Waals surface area contributed by atoms with E-state index in [1.54, 1.807) is 24.0 Å². The topological polar surface area (TPSA) is 77.9 Å². The van der Waals surface area contributed by atoms with Crippen molar-refractivity contribution in [2.75, 3.05) is 44.4 Å². The molecule has 1 N–H and O–H groups in total. The van der Waals surface area contributed by atoms with Gasteiger partial charge in [0.1, 0.15) is 6.54 Å². The molecule has 7 heteroatoms. The highest BCUT2D eigenvalue weighted by atomic mass is 32.2. The van der Waals surface area contributed by atoms with Crippen molar-refractivity contribution in [3.63, 3.8) is 0 Å². The van der Waals surface area contributed by atoms with Crippen molar-refractivity contribution in [2.45, 2.75) is 11.8 Å². The molecule has 0 saturated carbocycles. The zero-order valence-corrected chi connectivity index (χ0v) is 13.4. The number of nitrogens with zero attached hydrogens (tertiary/aromatic N) is 2. The Morgan fingerprint density at radius 3 is 2.14 bits per heavy atom. The lowest BCUT2D eigenvalue weighted by Crippen LogP contribution is -2.35. The van der Waals surface area contributed by atoms with E-state index >= 15 is 0 Å². The van der Waals surface area contributed by atoms with Crippen LogP contribution in [0.1, 0.15) is 6.92 Å². The number of aliphatic carboxylic acids is 1. The number of benzene rings is 1. The first-order chi connectivity index (χ1) is 9.76. The van der Waals surface area contributed by atoms with E-state index in [1.165, 1.54) is 12.1 Å². The third-order valence-corrected chi connectivity index (χ3v) is 4.83. The number of hydrogen-bond donors (Lipinski definition) is 1. The van der Waals surface area contributed by atoms with Gasteiger partial charge in [-0.1, -0.05) is 6.92 Å². The molecule has 0 amide bonds. The van der Waals surface area contributed by atoms with Crippen LogP contribution in [-0.2, 0) is 14.6 Å². The second-order valence-electron chi connectivity index (χ2n) is 5.02. The van der Waals surface area contributed by atoms with Crippen LogP contribution < -0.4 is 4.90 Å². The highest BCUT2D eigenvalue weighted by molar-refractivity contribution is 7.91. The van der Waals surface area contributed by atoms with Crippen LogP contribution >= 0.6 is 0 Å². The van der Waals surface area contributed by atoms with E-state index in [9.17, 15) is 13.2 Å². The summed E-state index contributed by atoms with van der Waals surface area (Å²) in [6.07, 6.45) is 0. The van der Waals surface area contributed by atoms with Gasteiger partial charge in [0.15, 0.2) is 9.84 Å². The Hall–Kier alpha value is -1.60. The van der Waals surface area contributed by atoms with Gasteiger partial charge in [-0.25, -0.2) is 8.42 Å². The van der Waals surface area contributed by atoms with E-state index < -0.39 is 15.8 Å². The summed E-state index contributed by atoms with van der Waals surface area (Å²) in [4.78, 5) is 14.9. The molecule has 0 bridgehead atoms. The first kappa shape index (κ1) is 17.5. The standard InChI is InChI=1S/C14H22N2O4S/c1-4-21(19,20)13-7-5-12(6-8-13)16(11-14(17)18)10-9-15(2)3/h5-8H,4,9-11H2,1-3H3,(H,17,18). The zero-order chi connectivity index (χ0) is 16.0. The lowest BCUT2D eigenvalue weighted by molar-refractivity contribution is -0.135. The van der Waals surface area contributed by atoms with Crippen LogP contribution in [0.5, 0.6) is 0 Å². The Morgan fingerprint density at radius 1 is 1.14 bits per heavy atom. The number of carboxylic acids is 1. The predicted octanol–water partition coefficient (Wildman–Crippen LogP) is 0.933. The Morgan fingerprint density at radius 2 is 1.71 bits per heavy atom. The molecular weight excluding hydrogens is 292 g/mol. The molecular formula is C14H22N2O4S. The largest absolute Gasteiger partial charge is 0.480 e. The fraction of sp³-hybridized carbons (Fsp3) is 0.500. The van der Waals surface area contributed by atoms with Crippen LogP contribution in [0.25, 0.3) is 0 Å². The van der Waals surface area contributed by atoms with Crippen LogP contribution in [0, 0.1) is 0 Å². The highest BCUT2D eigenvalue weighted by Gasteiger charge is 2.14. The molecule has 0 heterocycles. The lowest BCUT2D eigenvalue weighted by atomic mass is 10.3. The maximum atomic E-state index is 11.8. The molecule has 0 saturated heterocycles. The van der Waals surface area contributed by atoms with Crippen molar-refractivity contribution in [2.24, 2.45) is 0 Å². The van der Waals surface area contributed by atoms with Crippen molar-refractivity contribution < 1.29 is 18.3 Å². The third-order valence-electron chi connectivity index (χ3n) is 3.08. The molecule has 0 aliphatic rings. The summed E-state index contributed by atoms with van der Waals surface area (Å²) in [6.45, 7) is 2.74. The number of sulfone groups is 1. The SMILES string of the molecule is CCS(=O)(=O)c1ccc(N(CCN(C)C)CC(=O)O)cc1. The van der Waals surface area contributed by atoms with Crippen LogP contribution in [0.15, 0.2) is 29.2 Å². The van der Waals surface area contributed by atoms with Crippen molar-refractivity contribution in [1.82, 2.24) is 4.90 Å². The number of anilines is 1. The minimum Gasteiger partial charge on any atom is -0.480 e. The molecule has 6 nitrogen and oxygen atoms in total. The third kappa shape index (κ3) is 5.35. The average molecular weight is 314 g/mol. The van der Waals surface area contributed by atoms with E-state index in [-0.39, 0.29) is 17.2 Å². The van der Waals surface area contributed by atoms with Gasteiger partial charge in [0, 0.05) is 18.8 Å². The Kier molecular flexibility index (Phi) is 6.17. The Balaban J connectivity index is 2.95. The molecule has 0 aromatic heterocycles. The minimum atomic E-state index is -3.23. The summed E-state index contributed by atoms with van der Waals surface area (Å²) in [7, 11) is 0.593. The van der Waals surface area contributed by atoms with Gasteiger partial charge in [-0.05, 0) is 38.4 Å². The van der Waals surface area contributed by atoms with Crippen LogP contribution in [-0.4, -0.2) is 63.9 Å². The normalized spacial score (nSPS) is 11.6. The van der Waals surface area contributed by atoms with Gasteiger partial charge < -0.3 is 14.9 Å². The van der Waals surface area contributed by atoms with Gasteiger partial charge in [-0.15, -0.1) is 0 Å². The maximum Gasteiger partial charge on any atom is 0.323 e.